The average Bonchev–Trinajstić information content (AvgIpc) is 3.78. The van der Waals surface area contributed by atoms with Crippen LogP contribution in [0.5, 0.6) is 0 Å². The number of aromatic nitrogens is 2. The maximum absolute atomic E-state index is 13.7. The van der Waals surface area contributed by atoms with Gasteiger partial charge in [0.05, 0.1) is 40.2 Å². The number of rotatable bonds is 8. The molecule has 238 valence electrons. The van der Waals surface area contributed by atoms with Crippen molar-refractivity contribution < 1.29 is 38.2 Å². The van der Waals surface area contributed by atoms with Crippen LogP contribution in [-0.4, -0.2) is 70.2 Å². The van der Waals surface area contributed by atoms with Crippen LogP contribution < -0.4 is 20.9 Å². The van der Waals surface area contributed by atoms with Gasteiger partial charge in [0.1, 0.15) is 5.82 Å². The van der Waals surface area contributed by atoms with Crippen molar-refractivity contribution in [3.05, 3.63) is 77.0 Å². The smallest absolute Gasteiger partial charge is 0.303 e. The average molecular weight is 655 g/mol. The third-order valence-electron chi connectivity index (χ3n) is 8.11. The summed E-state index contributed by atoms with van der Waals surface area (Å²) in [6.07, 6.45) is -1.20. The fourth-order valence-electron chi connectivity index (χ4n) is 5.77. The van der Waals surface area contributed by atoms with E-state index in [9.17, 15) is 28.8 Å². The lowest BCUT2D eigenvalue weighted by atomic mass is 10.1. The quantitative estimate of drug-likeness (QED) is 0.211. The van der Waals surface area contributed by atoms with Crippen LogP contribution in [0.25, 0.3) is 10.1 Å². The fourth-order valence-corrected chi connectivity index (χ4v) is 6.68. The van der Waals surface area contributed by atoms with Crippen LogP contribution in [0.4, 0.5) is 17.3 Å². The molecule has 1 saturated heterocycles. The van der Waals surface area contributed by atoms with E-state index < -0.39 is 47.7 Å². The van der Waals surface area contributed by atoms with Crippen molar-refractivity contribution in [2.24, 2.45) is 5.73 Å². The van der Waals surface area contributed by atoms with Gasteiger partial charge < -0.3 is 20.5 Å². The van der Waals surface area contributed by atoms with Crippen molar-refractivity contribution in [2.45, 2.75) is 37.9 Å². The Bertz CT molecular complexity index is 1990. The van der Waals surface area contributed by atoms with Crippen molar-refractivity contribution in [1.82, 2.24) is 9.36 Å². The highest BCUT2D eigenvalue weighted by Gasteiger charge is 2.44. The Balaban J connectivity index is 1.18. The molecule has 2 atom stereocenters. The Morgan fingerprint density at radius 1 is 1.02 bits per heavy atom. The van der Waals surface area contributed by atoms with E-state index in [-0.39, 0.29) is 51.4 Å². The number of pyridine rings is 1. The van der Waals surface area contributed by atoms with Crippen molar-refractivity contribution in [1.29, 1.82) is 0 Å². The monoisotopic (exact) mass is 654 g/mol. The predicted molar refractivity (Wildman–Crippen MR) is 168 cm³/mol. The van der Waals surface area contributed by atoms with Crippen molar-refractivity contribution in [3.63, 3.8) is 0 Å². The van der Waals surface area contributed by atoms with Gasteiger partial charge in [0.15, 0.2) is 11.9 Å². The molecule has 2 aromatic heterocycles. The van der Waals surface area contributed by atoms with Crippen LogP contribution in [0.1, 0.15) is 62.5 Å². The minimum Gasteiger partial charge on any atom is -0.449 e. The van der Waals surface area contributed by atoms with E-state index in [0.717, 1.165) is 41.9 Å². The maximum Gasteiger partial charge on any atom is 0.303 e. The summed E-state index contributed by atoms with van der Waals surface area (Å²) in [4.78, 5) is 85.4. The van der Waals surface area contributed by atoms with Gasteiger partial charge in [-0.05, 0) is 60.8 Å². The lowest BCUT2D eigenvalue weighted by Crippen LogP contribution is -2.56. The molecule has 1 aliphatic carbocycles. The number of morpholine rings is 1. The van der Waals surface area contributed by atoms with Gasteiger partial charge >= 0.3 is 5.97 Å². The molecule has 47 heavy (non-hydrogen) atoms. The molecule has 14 nitrogen and oxygen atoms in total. The lowest BCUT2D eigenvalue weighted by Gasteiger charge is -2.34. The number of hydrogen-bond donors (Lipinski definition) is 2. The van der Waals surface area contributed by atoms with E-state index in [1.165, 1.54) is 29.2 Å². The SMILES string of the molecule is CC(=O)OC(C(=O)Nc1ccc2c(N3C(=O)c4ccccc4C3=O)nsc2c1C(N)=O)C1OCCN(c2cccc(C3CC3)n2)C1=O. The first-order chi connectivity index (χ1) is 22.6. The van der Waals surface area contributed by atoms with E-state index in [4.69, 9.17) is 15.2 Å². The van der Waals surface area contributed by atoms with Crippen LogP contribution in [0.3, 0.4) is 0 Å². The summed E-state index contributed by atoms with van der Waals surface area (Å²) < 4.78 is 15.5. The summed E-state index contributed by atoms with van der Waals surface area (Å²) in [7, 11) is 0. The largest absolute Gasteiger partial charge is 0.449 e. The minimum atomic E-state index is -1.73. The molecule has 4 aromatic rings. The van der Waals surface area contributed by atoms with Gasteiger partial charge in [0, 0.05) is 23.9 Å². The maximum atomic E-state index is 13.7. The van der Waals surface area contributed by atoms with Gasteiger partial charge in [-0.3, -0.25) is 33.7 Å². The topological polar surface area (TPSA) is 191 Å². The molecule has 5 amide bonds. The number of benzene rings is 2. The summed E-state index contributed by atoms with van der Waals surface area (Å²) in [5.74, 6) is -3.74. The normalized spacial score (nSPS) is 18.3. The highest BCUT2D eigenvalue weighted by molar-refractivity contribution is 7.14. The number of fused-ring (bicyclic) bond motifs is 2. The Hall–Kier alpha value is -5.54. The first-order valence-corrected chi connectivity index (χ1v) is 15.5. The number of amides is 5. The molecule has 7 rings (SSSR count). The number of carbonyl (C=O) groups is 6. The molecule has 0 spiro atoms. The summed E-state index contributed by atoms with van der Waals surface area (Å²) in [6.45, 7) is 1.30. The number of anilines is 3. The van der Waals surface area contributed by atoms with Gasteiger partial charge in [-0.1, -0.05) is 18.2 Å². The van der Waals surface area contributed by atoms with E-state index in [2.05, 4.69) is 14.7 Å². The summed E-state index contributed by atoms with van der Waals surface area (Å²) in [5.41, 5.74) is 6.84. The number of esters is 1. The molecule has 3 N–H and O–H groups in total. The molecule has 4 heterocycles. The third-order valence-corrected chi connectivity index (χ3v) is 8.98. The number of nitrogens with one attached hydrogen (secondary N) is 1. The predicted octanol–water partition coefficient (Wildman–Crippen LogP) is 2.77. The molecule has 3 aliphatic rings. The van der Waals surface area contributed by atoms with Gasteiger partial charge in [-0.2, -0.15) is 4.37 Å². The Kier molecular flexibility index (Phi) is 7.48. The van der Waals surface area contributed by atoms with E-state index in [1.54, 1.807) is 18.2 Å². The number of nitrogens with zero attached hydrogens (tertiary/aromatic N) is 4. The van der Waals surface area contributed by atoms with Crippen LogP contribution >= 0.6 is 11.5 Å². The van der Waals surface area contributed by atoms with Crippen molar-refractivity contribution >= 4 is 74.4 Å². The van der Waals surface area contributed by atoms with Gasteiger partial charge in [-0.25, -0.2) is 9.88 Å². The van der Waals surface area contributed by atoms with Crippen LogP contribution in [0, 0.1) is 0 Å². The van der Waals surface area contributed by atoms with E-state index >= 15 is 0 Å². The summed E-state index contributed by atoms with van der Waals surface area (Å²) in [6, 6.07) is 14.6. The van der Waals surface area contributed by atoms with E-state index in [0.29, 0.717) is 11.7 Å². The number of hydrogen-bond acceptors (Lipinski definition) is 11. The second-order valence-electron chi connectivity index (χ2n) is 11.2. The zero-order chi connectivity index (χ0) is 33.0. The summed E-state index contributed by atoms with van der Waals surface area (Å²) in [5, 5.41) is 2.83. The van der Waals surface area contributed by atoms with Crippen LogP contribution in [0.2, 0.25) is 0 Å². The second kappa shape index (κ2) is 11.7. The Morgan fingerprint density at radius 3 is 2.40 bits per heavy atom. The molecule has 15 heteroatoms. The third kappa shape index (κ3) is 5.28. The summed E-state index contributed by atoms with van der Waals surface area (Å²) >= 11 is 0.807. The molecule has 2 aliphatic heterocycles. The van der Waals surface area contributed by atoms with Crippen molar-refractivity contribution in [2.75, 3.05) is 28.3 Å². The fraction of sp³-hybridized carbons (Fsp3) is 0.250. The van der Waals surface area contributed by atoms with Crippen LogP contribution in [0.15, 0.2) is 54.6 Å². The molecule has 2 unspecified atom stereocenters. The highest BCUT2D eigenvalue weighted by atomic mass is 32.1. The molecule has 0 radical (unpaired) electrons. The number of imide groups is 1. The molecular weight excluding hydrogens is 628 g/mol. The Labute approximate surface area is 270 Å². The number of nitrogens with two attached hydrogens (primary N) is 1. The molecule has 0 bridgehead atoms. The molecule has 2 fully saturated rings. The van der Waals surface area contributed by atoms with Crippen molar-refractivity contribution in [3.8, 4) is 0 Å². The van der Waals surface area contributed by atoms with Gasteiger partial charge in [-0.15, -0.1) is 0 Å². The van der Waals surface area contributed by atoms with Gasteiger partial charge in [0.2, 0.25) is 6.10 Å². The Morgan fingerprint density at radius 2 is 1.74 bits per heavy atom. The zero-order valence-corrected chi connectivity index (χ0v) is 25.6. The lowest BCUT2D eigenvalue weighted by molar-refractivity contribution is -0.167. The van der Waals surface area contributed by atoms with E-state index in [1.807, 2.05) is 12.1 Å². The van der Waals surface area contributed by atoms with Gasteiger partial charge in [0.25, 0.3) is 29.5 Å². The number of primary amides is 1. The zero-order valence-electron chi connectivity index (χ0n) is 24.8. The first-order valence-electron chi connectivity index (χ1n) is 14.7. The molecular formula is C32H26N6O8S. The molecule has 2 aromatic carbocycles. The molecule has 1 saturated carbocycles. The van der Waals surface area contributed by atoms with Crippen LogP contribution in [-0.2, 0) is 23.9 Å². The number of ether oxygens (including phenoxy) is 2. The second-order valence-corrected chi connectivity index (χ2v) is 12.0. The standard InChI is InChI=1S/C32H26N6O8S/c1-15(39)46-24(25-32(44)37(13-14-45-25)22-8-4-7-20(34-22)16-9-10-16)29(41)35-21-12-11-19-26(23(21)27(33)40)47-36-28(19)38-30(42)17-5-2-3-6-18(17)31(38)43/h2-8,11-12,16,24-25H,9-10,13-14H2,1H3,(H2,33,40)(H,35,41). The minimum absolute atomic E-state index is 0.00928. The highest BCUT2D eigenvalue weighted by Crippen LogP contribution is 2.40. The number of carbonyl (C=O) groups excluding carboxylic acids is 6. The first kappa shape index (κ1) is 30.1.